The average molecular weight is 272 g/mol. The number of nitrogen functional groups attached to an aromatic ring is 1. The Hall–Kier alpha value is -1.43. The van der Waals surface area contributed by atoms with Crippen LogP contribution >= 0.6 is 0 Å². The van der Waals surface area contributed by atoms with Gasteiger partial charge in [-0.2, -0.15) is 0 Å². The lowest BCUT2D eigenvalue weighted by atomic mass is 10.3. The molecule has 100 valence electrons. The van der Waals surface area contributed by atoms with Gasteiger partial charge in [-0.3, -0.25) is 9.00 Å². The fraction of sp³-hybridized carbons (Fsp3) is 0.417. The zero-order chi connectivity index (χ0) is 13.7. The number of carbonyl (C=O) groups excluding carboxylic acids is 1. The van der Waals surface area contributed by atoms with Crippen molar-refractivity contribution >= 4 is 22.4 Å². The third-order valence-electron chi connectivity index (χ3n) is 2.57. The molecule has 0 fully saturated rings. The van der Waals surface area contributed by atoms with E-state index in [1.54, 1.807) is 4.90 Å². The van der Waals surface area contributed by atoms with E-state index in [2.05, 4.69) is 0 Å². The minimum absolute atomic E-state index is 0.0182. The van der Waals surface area contributed by atoms with E-state index >= 15 is 0 Å². The van der Waals surface area contributed by atoms with Crippen LogP contribution in [0.4, 0.5) is 10.1 Å². The molecular formula is C12H17FN2O2S. The van der Waals surface area contributed by atoms with E-state index in [1.165, 1.54) is 12.1 Å². The number of hydrogen-bond donors (Lipinski definition) is 1. The minimum atomic E-state index is -1.68. The second-order valence-corrected chi connectivity index (χ2v) is 5.17. The quantitative estimate of drug-likeness (QED) is 0.824. The summed E-state index contributed by atoms with van der Waals surface area (Å²) in [5, 5.41) is 0. The highest BCUT2D eigenvalue weighted by Gasteiger charge is 2.17. The average Bonchev–Trinajstić information content (AvgIpc) is 2.30. The fourth-order valence-corrected chi connectivity index (χ4v) is 2.62. The lowest BCUT2D eigenvalue weighted by Gasteiger charge is -2.18. The predicted octanol–water partition coefficient (Wildman–Crippen LogP) is 1.38. The molecule has 0 saturated carbocycles. The molecule has 0 aromatic heterocycles. The third-order valence-corrected chi connectivity index (χ3v) is 3.90. The molecule has 0 spiro atoms. The zero-order valence-electron chi connectivity index (χ0n) is 10.5. The van der Waals surface area contributed by atoms with Crippen molar-refractivity contribution in [3.63, 3.8) is 0 Å². The van der Waals surface area contributed by atoms with Gasteiger partial charge in [-0.25, -0.2) is 4.39 Å². The van der Waals surface area contributed by atoms with Crippen LogP contribution in [-0.4, -0.2) is 33.9 Å². The molecule has 18 heavy (non-hydrogen) atoms. The van der Waals surface area contributed by atoms with E-state index in [9.17, 15) is 13.4 Å². The maximum atomic E-state index is 13.5. The molecule has 0 bridgehead atoms. The molecular weight excluding hydrogens is 255 g/mol. The van der Waals surface area contributed by atoms with Crippen LogP contribution in [-0.2, 0) is 15.6 Å². The van der Waals surface area contributed by atoms with Crippen molar-refractivity contribution < 1.29 is 13.4 Å². The van der Waals surface area contributed by atoms with Gasteiger partial charge in [0, 0.05) is 18.8 Å². The Morgan fingerprint density at radius 1 is 1.39 bits per heavy atom. The van der Waals surface area contributed by atoms with Gasteiger partial charge in [-0.15, -0.1) is 0 Å². The van der Waals surface area contributed by atoms with Crippen LogP contribution in [0, 0.1) is 5.82 Å². The Morgan fingerprint density at radius 3 is 2.50 bits per heavy atom. The number of halogens is 1. The van der Waals surface area contributed by atoms with Gasteiger partial charge in [-0.1, -0.05) is 0 Å². The first-order valence-electron chi connectivity index (χ1n) is 5.70. The Labute approximate surface area is 108 Å². The van der Waals surface area contributed by atoms with Crippen molar-refractivity contribution in [3.05, 3.63) is 24.0 Å². The molecule has 0 aliphatic heterocycles. The van der Waals surface area contributed by atoms with Gasteiger partial charge in [0.05, 0.1) is 15.7 Å². The van der Waals surface area contributed by atoms with E-state index < -0.39 is 16.6 Å². The largest absolute Gasteiger partial charge is 0.399 e. The standard InChI is InChI=1S/C12H17FN2O2S/c1-3-15(4-2)12(16)8-18(17)11-6-5-9(14)7-10(11)13/h5-7H,3-4,8,14H2,1-2H3. The van der Waals surface area contributed by atoms with Crippen LogP contribution in [0.25, 0.3) is 0 Å². The number of benzene rings is 1. The minimum Gasteiger partial charge on any atom is -0.399 e. The smallest absolute Gasteiger partial charge is 0.235 e. The Bertz CT molecular complexity index is 461. The SMILES string of the molecule is CCN(CC)C(=O)CS(=O)c1ccc(N)cc1F. The van der Waals surface area contributed by atoms with Crippen molar-refractivity contribution in [2.75, 3.05) is 24.6 Å². The molecule has 6 heteroatoms. The van der Waals surface area contributed by atoms with E-state index in [-0.39, 0.29) is 22.2 Å². The van der Waals surface area contributed by atoms with Crippen molar-refractivity contribution in [1.82, 2.24) is 4.90 Å². The highest BCUT2D eigenvalue weighted by atomic mass is 32.2. The van der Waals surface area contributed by atoms with Crippen LogP contribution in [0.1, 0.15) is 13.8 Å². The lowest BCUT2D eigenvalue weighted by molar-refractivity contribution is -0.128. The molecule has 1 amide bonds. The lowest BCUT2D eigenvalue weighted by Crippen LogP contribution is -2.34. The van der Waals surface area contributed by atoms with Gasteiger partial charge in [0.15, 0.2) is 0 Å². The van der Waals surface area contributed by atoms with E-state index in [4.69, 9.17) is 5.73 Å². The first kappa shape index (κ1) is 14.6. The third kappa shape index (κ3) is 3.53. The Balaban J connectivity index is 2.79. The van der Waals surface area contributed by atoms with Crippen molar-refractivity contribution in [3.8, 4) is 0 Å². The number of hydrogen-bond acceptors (Lipinski definition) is 3. The topological polar surface area (TPSA) is 63.4 Å². The number of nitrogens with zero attached hydrogens (tertiary/aromatic N) is 1. The molecule has 0 aliphatic carbocycles. The molecule has 1 atom stereocenters. The van der Waals surface area contributed by atoms with Crippen LogP contribution in [0.15, 0.2) is 23.1 Å². The van der Waals surface area contributed by atoms with Crippen LogP contribution < -0.4 is 5.73 Å². The molecule has 0 heterocycles. The zero-order valence-corrected chi connectivity index (χ0v) is 11.3. The predicted molar refractivity (Wildman–Crippen MR) is 70.0 cm³/mol. The molecule has 1 unspecified atom stereocenters. The van der Waals surface area contributed by atoms with Crippen molar-refractivity contribution in [2.24, 2.45) is 0 Å². The second kappa shape index (κ2) is 6.49. The summed E-state index contributed by atoms with van der Waals surface area (Å²) in [7, 11) is -1.68. The summed E-state index contributed by atoms with van der Waals surface area (Å²) in [4.78, 5) is 13.3. The number of nitrogens with two attached hydrogens (primary N) is 1. The highest BCUT2D eigenvalue weighted by molar-refractivity contribution is 7.85. The van der Waals surface area contributed by atoms with Gasteiger partial charge in [0.2, 0.25) is 5.91 Å². The van der Waals surface area contributed by atoms with Crippen LogP contribution in [0.3, 0.4) is 0 Å². The maximum Gasteiger partial charge on any atom is 0.235 e. The monoisotopic (exact) mass is 272 g/mol. The summed E-state index contributed by atoms with van der Waals surface area (Å²) < 4.78 is 25.4. The molecule has 1 aromatic rings. The first-order valence-corrected chi connectivity index (χ1v) is 7.02. The van der Waals surface area contributed by atoms with E-state index in [1.807, 2.05) is 13.8 Å². The van der Waals surface area contributed by atoms with Gasteiger partial charge in [0.25, 0.3) is 0 Å². The van der Waals surface area contributed by atoms with Crippen molar-refractivity contribution in [1.29, 1.82) is 0 Å². The number of rotatable bonds is 5. The second-order valence-electron chi connectivity index (χ2n) is 3.75. The summed E-state index contributed by atoms with van der Waals surface area (Å²) in [6.07, 6.45) is 0. The summed E-state index contributed by atoms with van der Waals surface area (Å²) in [6.45, 7) is 4.79. The van der Waals surface area contributed by atoms with Crippen molar-refractivity contribution in [2.45, 2.75) is 18.7 Å². The molecule has 1 aromatic carbocycles. The Morgan fingerprint density at radius 2 is 2.00 bits per heavy atom. The number of amides is 1. The van der Waals surface area contributed by atoms with Gasteiger partial charge < -0.3 is 10.6 Å². The molecule has 0 aliphatic rings. The molecule has 0 saturated heterocycles. The summed E-state index contributed by atoms with van der Waals surface area (Å²) in [6, 6.07) is 3.93. The van der Waals surface area contributed by atoms with Crippen LogP contribution in [0.5, 0.6) is 0 Å². The summed E-state index contributed by atoms with van der Waals surface area (Å²) in [5.41, 5.74) is 5.67. The van der Waals surface area contributed by atoms with Gasteiger partial charge >= 0.3 is 0 Å². The molecule has 2 N–H and O–H groups in total. The van der Waals surface area contributed by atoms with E-state index in [0.29, 0.717) is 13.1 Å². The number of anilines is 1. The van der Waals surface area contributed by atoms with E-state index in [0.717, 1.165) is 6.07 Å². The molecule has 4 nitrogen and oxygen atoms in total. The number of carbonyl (C=O) groups is 1. The van der Waals surface area contributed by atoms with Crippen LogP contribution in [0.2, 0.25) is 0 Å². The van der Waals surface area contributed by atoms with Gasteiger partial charge in [0.1, 0.15) is 11.6 Å². The normalized spacial score (nSPS) is 12.2. The summed E-state index contributed by atoms with van der Waals surface area (Å²) >= 11 is 0. The first-order chi connectivity index (χ1) is 8.49. The molecule has 0 radical (unpaired) electrons. The highest BCUT2D eigenvalue weighted by Crippen LogP contribution is 2.16. The summed E-state index contributed by atoms with van der Waals surface area (Å²) in [5.74, 6) is -1.09. The molecule has 1 rings (SSSR count). The maximum absolute atomic E-state index is 13.5. The van der Waals surface area contributed by atoms with Gasteiger partial charge in [-0.05, 0) is 32.0 Å². The fourth-order valence-electron chi connectivity index (χ4n) is 1.56. The Kier molecular flexibility index (Phi) is 5.27.